The molecule has 0 saturated carbocycles. The van der Waals surface area contributed by atoms with Crippen LogP contribution < -0.4 is 34.5 Å². The van der Waals surface area contributed by atoms with Crippen molar-refractivity contribution in [3.05, 3.63) is 24.3 Å². The van der Waals surface area contributed by atoms with Gasteiger partial charge >= 0.3 is 41.5 Å². The van der Waals surface area contributed by atoms with Gasteiger partial charge in [-0.3, -0.25) is 14.2 Å². The Morgan fingerprint density at radius 2 is 0.944 bits per heavy atom. The number of ether oxygens (including phenoxy) is 2. The van der Waals surface area contributed by atoms with E-state index in [0.717, 1.165) is 77.0 Å². The van der Waals surface area contributed by atoms with Gasteiger partial charge in [-0.1, -0.05) is 141 Å². The first-order chi connectivity index (χ1) is 25.7. The van der Waals surface area contributed by atoms with Crippen molar-refractivity contribution >= 4 is 19.8 Å². The third-order valence-corrected chi connectivity index (χ3v) is 10.00. The number of carbonyl (C=O) groups is 2. The molecule has 0 heterocycles. The molecule has 2 N–H and O–H groups in total. The smallest absolute Gasteiger partial charge is 0.756 e. The van der Waals surface area contributed by atoms with Crippen LogP contribution in [-0.2, 0) is 32.7 Å². The molecular formula is C42H78NaO10P. The number of hydrogen-bond acceptors (Lipinski definition) is 10. The van der Waals surface area contributed by atoms with Gasteiger partial charge in [-0.25, -0.2) is 0 Å². The molecule has 54 heavy (non-hydrogen) atoms. The summed E-state index contributed by atoms with van der Waals surface area (Å²) in [5.41, 5.74) is 0. The summed E-state index contributed by atoms with van der Waals surface area (Å²) in [5.74, 6) is -0.976. The molecule has 3 unspecified atom stereocenters. The number of phosphoric ester groups is 1. The van der Waals surface area contributed by atoms with Crippen molar-refractivity contribution in [2.45, 2.75) is 206 Å². The van der Waals surface area contributed by atoms with Gasteiger partial charge in [0.25, 0.3) is 7.82 Å². The van der Waals surface area contributed by atoms with Gasteiger partial charge in [-0.2, -0.15) is 0 Å². The maximum Gasteiger partial charge on any atom is 1.00 e. The number of esters is 2. The van der Waals surface area contributed by atoms with Crippen molar-refractivity contribution in [3.63, 3.8) is 0 Å². The molecule has 0 fully saturated rings. The van der Waals surface area contributed by atoms with E-state index in [1.165, 1.54) is 77.0 Å². The van der Waals surface area contributed by atoms with Crippen molar-refractivity contribution in [1.82, 2.24) is 0 Å². The second-order valence-corrected chi connectivity index (χ2v) is 15.7. The number of aliphatic hydroxyl groups excluding tert-OH is 2. The zero-order chi connectivity index (χ0) is 39.1. The molecule has 12 heteroatoms. The summed E-state index contributed by atoms with van der Waals surface area (Å²) in [5, 5.41) is 18.3. The van der Waals surface area contributed by atoms with Crippen molar-refractivity contribution in [2.75, 3.05) is 26.4 Å². The van der Waals surface area contributed by atoms with Crippen LogP contribution in [0.2, 0.25) is 0 Å². The topological polar surface area (TPSA) is 152 Å². The quantitative estimate of drug-likeness (QED) is 0.0211. The first-order valence-electron chi connectivity index (χ1n) is 21.3. The van der Waals surface area contributed by atoms with E-state index in [0.29, 0.717) is 12.8 Å². The standard InChI is InChI=1S/C42H79O10P.Na/c1-3-5-7-9-11-13-15-17-19-21-23-25-27-29-31-33-41(45)49-37-40(38-51-53(47,48)50-36-39(44)35-43)52-42(46)34-32-30-28-26-24-22-20-18-16-14-12-10-8-6-4-2;/h17-20,39-40,43-44H,3-16,21-38H2,1-2H3,(H,47,48);/q;+1/p-1/b19-17+,20-18+;. The Kier molecular flexibility index (Phi) is 43.3. The predicted octanol–water partition coefficient (Wildman–Crippen LogP) is 7.38. The Morgan fingerprint density at radius 3 is 1.37 bits per heavy atom. The molecule has 0 aromatic rings. The van der Waals surface area contributed by atoms with Crippen molar-refractivity contribution < 1.29 is 77.3 Å². The van der Waals surface area contributed by atoms with E-state index in [1.807, 2.05) is 0 Å². The zero-order valence-corrected chi connectivity index (χ0v) is 37.6. The van der Waals surface area contributed by atoms with Gasteiger partial charge in [0.2, 0.25) is 0 Å². The van der Waals surface area contributed by atoms with E-state index in [9.17, 15) is 24.2 Å². The normalized spacial score (nSPS) is 13.9. The molecule has 0 aliphatic heterocycles. The largest absolute Gasteiger partial charge is 1.00 e. The van der Waals surface area contributed by atoms with E-state index in [2.05, 4.69) is 42.7 Å². The maximum absolute atomic E-state index is 12.6. The van der Waals surface area contributed by atoms with Gasteiger partial charge < -0.3 is 33.6 Å². The Morgan fingerprint density at radius 1 is 0.574 bits per heavy atom. The summed E-state index contributed by atoms with van der Waals surface area (Å²) in [7, 11) is -4.87. The van der Waals surface area contributed by atoms with Crippen LogP contribution in [0.25, 0.3) is 0 Å². The summed E-state index contributed by atoms with van der Waals surface area (Å²) < 4.78 is 32.3. The van der Waals surface area contributed by atoms with Gasteiger partial charge in [0.05, 0.1) is 19.8 Å². The van der Waals surface area contributed by atoms with Crippen molar-refractivity contribution in [2.24, 2.45) is 0 Å². The van der Waals surface area contributed by atoms with E-state index in [4.69, 9.17) is 19.1 Å². The summed E-state index contributed by atoms with van der Waals surface area (Å²) in [4.78, 5) is 37.1. The van der Waals surface area contributed by atoms with Gasteiger partial charge in [0, 0.05) is 12.8 Å². The molecule has 0 aromatic carbocycles. The van der Waals surface area contributed by atoms with Gasteiger partial charge in [-0.15, -0.1) is 0 Å². The number of phosphoric acid groups is 1. The Balaban J connectivity index is 0. The van der Waals surface area contributed by atoms with E-state index < -0.39 is 51.8 Å². The van der Waals surface area contributed by atoms with Crippen LogP contribution in [0.4, 0.5) is 0 Å². The summed E-state index contributed by atoms with van der Waals surface area (Å²) in [6, 6.07) is 0. The number of hydrogen-bond donors (Lipinski definition) is 2. The van der Waals surface area contributed by atoms with Gasteiger partial charge in [0.15, 0.2) is 6.10 Å². The van der Waals surface area contributed by atoms with Crippen LogP contribution in [-0.4, -0.2) is 60.8 Å². The van der Waals surface area contributed by atoms with E-state index in [-0.39, 0.29) is 49.0 Å². The Hall–Kier alpha value is -0.550. The molecule has 10 nitrogen and oxygen atoms in total. The number of carbonyl (C=O) groups excluding carboxylic acids is 2. The predicted molar refractivity (Wildman–Crippen MR) is 212 cm³/mol. The van der Waals surface area contributed by atoms with E-state index in [1.54, 1.807) is 0 Å². The second kappa shape index (κ2) is 42.1. The molecule has 0 saturated heterocycles. The third-order valence-electron chi connectivity index (χ3n) is 9.07. The number of unbranched alkanes of at least 4 members (excludes halogenated alkanes) is 22. The fraction of sp³-hybridized carbons (Fsp3) is 0.857. The number of allylic oxidation sites excluding steroid dienone is 4. The summed E-state index contributed by atoms with van der Waals surface area (Å²) in [6.07, 6.45) is 36.9. The molecule has 0 rings (SSSR count). The molecule has 0 aromatic heterocycles. The van der Waals surface area contributed by atoms with Gasteiger partial charge in [0.1, 0.15) is 12.7 Å². The monoisotopic (exact) mass is 797 g/mol. The van der Waals surface area contributed by atoms with E-state index >= 15 is 0 Å². The van der Waals surface area contributed by atoms with Crippen LogP contribution in [0, 0.1) is 0 Å². The average Bonchev–Trinajstić information content (AvgIpc) is 3.14. The van der Waals surface area contributed by atoms with Crippen molar-refractivity contribution in [1.29, 1.82) is 0 Å². The SMILES string of the molecule is CCCCCCCC/C=C/CCCCCCCC(=O)OCC(COP(=O)([O-])OCC(O)CO)OC(=O)CCCCCCC/C=C/CCCCCCCC.[Na+]. The van der Waals surface area contributed by atoms with Crippen LogP contribution in [0.3, 0.4) is 0 Å². The second-order valence-electron chi connectivity index (χ2n) is 14.3. The number of rotatable bonds is 40. The zero-order valence-electron chi connectivity index (χ0n) is 34.7. The van der Waals surface area contributed by atoms with Crippen molar-refractivity contribution in [3.8, 4) is 0 Å². The first-order valence-corrected chi connectivity index (χ1v) is 22.7. The molecule has 3 atom stereocenters. The molecule has 0 aliphatic rings. The Labute approximate surface area is 351 Å². The number of aliphatic hydroxyl groups is 2. The van der Waals surface area contributed by atoms with Crippen LogP contribution in [0.1, 0.15) is 194 Å². The van der Waals surface area contributed by atoms with Crippen LogP contribution >= 0.6 is 7.82 Å². The molecule has 0 aliphatic carbocycles. The van der Waals surface area contributed by atoms with Crippen LogP contribution in [0.5, 0.6) is 0 Å². The fourth-order valence-corrected chi connectivity index (χ4v) is 6.52. The maximum atomic E-state index is 12.6. The minimum Gasteiger partial charge on any atom is -0.756 e. The molecule has 0 bridgehead atoms. The molecule has 0 amide bonds. The average molecular weight is 797 g/mol. The fourth-order valence-electron chi connectivity index (χ4n) is 5.74. The Bertz CT molecular complexity index is 948. The minimum atomic E-state index is -4.87. The van der Waals surface area contributed by atoms with Crippen LogP contribution in [0.15, 0.2) is 24.3 Å². The minimum absolute atomic E-state index is 0. The molecular weight excluding hydrogens is 718 g/mol. The third kappa shape index (κ3) is 41.1. The molecule has 0 radical (unpaired) electrons. The summed E-state index contributed by atoms with van der Waals surface area (Å²) in [6.45, 7) is 2.17. The summed E-state index contributed by atoms with van der Waals surface area (Å²) >= 11 is 0. The molecule has 312 valence electrons. The molecule has 0 spiro atoms. The first kappa shape index (κ1) is 55.5. The van der Waals surface area contributed by atoms with Gasteiger partial charge in [-0.05, 0) is 64.2 Å².